The summed E-state index contributed by atoms with van der Waals surface area (Å²) in [6.45, 7) is 4.78. The number of nitrogens with zero attached hydrogens (tertiary/aromatic N) is 2. The monoisotopic (exact) mass is 329 g/mol. The van der Waals surface area contributed by atoms with Crippen LogP contribution in [0.4, 0.5) is 0 Å². The minimum absolute atomic E-state index is 0.0690. The topological polar surface area (TPSA) is 104 Å². The van der Waals surface area contributed by atoms with Gasteiger partial charge in [-0.25, -0.2) is 4.98 Å². The number of aromatic amines is 1. The number of amides is 2. The molecule has 128 valence electrons. The first-order valence-electron chi connectivity index (χ1n) is 8.29. The van der Waals surface area contributed by atoms with E-state index in [1.807, 2.05) is 19.1 Å². The van der Waals surface area contributed by atoms with Crippen LogP contribution in [0.2, 0.25) is 0 Å². The van der Waals surface area contributed by atoms with Gasteiger partial charge in [0.25, 0.3) is 5.91 Å². The Balaban J connectivity index is 1.52. The summed E-state index contributed by atoms with van der Waals surface area (Å²) < 4.78 is 0. The Hall–Kier alpha value is -2.41. The molecule has 24 heavy (non-hydrogen) atoms. The van der Waals surface area contributed by atoms with Crippen molar-refractivity contribution in [3.63, 3.8) is 0 Å². The molecule has 1 aromatic heterocycles. The Bertz CT molecular complexity index is 755. The van der Waals surface area contributed by atoms with Crippen LogP contribution in [0, 0.1) is 12.8 Å². The van der Waals surface area contributed by atoms with E-state index in [-0.39, 0.29) is 17.7 Å². The second kappa shape index (κ2) is 7.00. The number of piperidine rings is 1. The lowest BCUT2D eigenvalue weighted by Gasteiger charge is -2.31. The summed E-state index contributed by atoms with van der Waals surface area (Å²) in [4.78, 5) is 33.2. The minimum atomic E-state index is -0.230. The molecule has 7 nitrogen and oxygen atoms in total. The SMILES string of the molecule is Cc1nc2ccc(C(=O)NCCN3CCC[C@H](C(N)=O)C3)cc2[nH]1. The zero-order valence-corrected chi connectivity index (χ0v) is 13.8. The van der Waals surface area contributed by atoms with Gasteiger partial charge in [-0.15, -0.1) is 0 Å². The van der Waals surface area contributed by atoms with Crippen LogP contribution >= 0.6 is 0 Å². The van der Waals surface area contributed by atoms with Crippen molar-refractivity contribution in [2.75, 3.05) is 26.2 Å². The Morgan fingerprint density at radius 2 is 2.29 bits per heavy atom. The summed E-state index contributed by atoms with van der Waals surface area (Å²) in [5.74, 6) is 0.427. The number of aromatic nitrogens is 2. The zero-order chi connectivity index (χ0) is 17.1. The number of benzene rings is 1. The number of nitrogens with one attached hydrogen (secondary N) is 2. The van der Waals surface area contributed by atoms with Crippen LogP contribution in [0.25, 0.3) is 11.0 Å². The molecule has 0 radical (unpaired) electrons. The number of likely N-dealkylation sites (tertiary alicyclic amines) is 1. The van der Waals surface area contributed by atoms with Crippen LogP contribution in [-0.4, -0.2) is 52.9 Å². The predicted octanol–water partition coefficient (Wildman–Crippen LogP) is 0.798. The number of hydrogen-bond acceptors (Lipinski definition) is 4. The molecule has 1 atom stereocenters. The van der Waals surface area contributed by atoms with Crippen molar-refractivity contribution < 1.29 is 9.59 Å². The van der Waals surface area contributed by atoms with E-state index in [4.69, 9.17) is 5.73 Å². The maximum Gasteiger partial charge on any atom is 0.251 e. The Labute approximate surface area is 140 Å². The van der Waals surface area contributed by atoms with Gasteiger partial charge >= 0.3 is 0 Å². The maximum absolute atomic E-state index is 12.3. The first kappa shape index (κ1) is 16.4. The lowest BCUT2D eigenvalue weighted by Crippen LogP contribution is -2.44. The highest BCUT2D eigenvalue weighted by molar-refractivity contribution is 5.97. The Morgan fingerprint density at radius 3 is 3.08 bits per heavy atom. The Morgan fingerprint density at radius 1 is 1.46 bits per heavy atom. The standard InChI is InChI=1S/C17H23N5O2/c1-11-20-14-5-4-12(9-15(14)21-11)17(24)19-6-8-22-7-2-3-13(10-22)16(18)23/h4-5,9,13H,2-3,6-8,10H2,1H3,(H2,18,23)(H,19,24)(H,20,21)/t13-/m0/s1. The predicted molar refractivity (Wildman–Crippen MR) is 91.5 cm³/mol. The summed E-state index contributed by atoms with van der Waals surface area (Å²) in [6, 6.07) is 5.44. The van der Waals surface area contributed by atoms with E-state index in [1.54, 1.807) is 6.07 Å². The summed E-state index contributed by atoms with van der Waals surface area (Å²) in [6.07, 6.45) is 1.83. The molecular formula is C17H23N5O2. The van der Waals surface area contributed by atoms with E-state index >= 15 is 0 Å². The minimum Gasteiger partial charge on any atom is -0.369 e. The lowest BCUT2D eigenvalue weighted by molar-refractivity contribution is -0.123. The molecule has 1 fully saturated rings. The second-order valence-corrected chi connectivity index (χ2v) is 6.35. The van der Waals surface area contributed by atoms with Gasteiger partial charge in [0.1, 0.15) is 5.82 Å². The summed E-state index contributed by atoms with van der Waals surface area (Å²) >= 11 is 0. The number of rotatable bonds is 5. The molecule has 4 N–H and O–H groups in total. The highest BCUT2D eigenvalue weighted by Crippen LogP contribution is 2.16. The fraction of sp³-hybridized carbons (Fsp3) is 0.471. The van der Waals surface area contributed by atoms with E-state index < -0.39 is 0 Å². The van der Waals surface area contributed by atoms with Gasteiger partial charge in [-0.1, -0.05) is 0 Å². The van der Waals surface area contributed by atoms with Crippen LogP contribution in [0.3, 0.4) is 0 Å². The van der Waals surface area contributed by atoms with Crippen molar-refractivity contribution in [1.29, 1.82) is 0 Å². The molecule has 0 spiro atoms. The number of hydrogen-bond donors (Lipinski definition) is 3. The molecule has 3 rings (SSSR count). The molecular weight excluding hydrogens is 306 g/mol. The van der Waals surface area contributed by atoms with Gasteiger partial charge in [0.15, 0.2) is 0 Å². The molecule has 2 heterocycles. The van der Waals surface area contributed by atoms with Gasteiger partial charge in [-0.3, -0.25) is 9.59 Å². The number of fused-ring (bicyclic) bond motifs is 1. The van der Waals surface area contributed by atoms with E-state index in [2.05, 4.69) is 20.2 Å². The molecule has 1 saturated heterocycles. The average Bonchev–Trinajstić information content (AvgIpc) is 2.94. The number of H-pyrrole nitrogens is 1. The molecule has 0 aliphatic carbocycles. The quantitative estimate of drug-likeness (QED) is 0.754. The summed E-state index contributed by atoms with van der Waals surface area (Å²) in [5, 5.41) is 2.93. The van der Waals surface area contributed by atoms with E-state index in [0.717, 1.165) is 42.8 Å². The van der Waals surface area contributed by atoms with Gasteiger partial charge in [0.05, 0.1) is 17.0 Å². The second-order valence-electron chi connectivity index (χ2n) is 6.35. The number of aryl methyl sites for hydroxylation is 1. The van der Waals surface area contributed by atoms with Gasteiger partial charge in [0, 0.05) is 25.2 Å². The summed E-state index contributed by atoms with van der Waals surface area (Å²) in [7, 11) is 0. The van der Waals surface area contributed by atoms with Crippen molar-refractivity contribution in [2.24, 2.45) is 11.7 Å². The third-order valence-corrected chi connectivity index (χ3v) is 4.48. The first-order chi connectivity index (χ1) is 11.5. The third kappa shape index (κ3) is 3.73. The van der Waals surface area contributed by atoms with Crippen LogP contribution in [-0.2, 0) is 4.79 Å². The normalized spacial score (nSPS) is 18.6. The molecule has 0 bridgehead atoms. The molecule has 2 aromatic rings. The van der Waals surface area contributed by atoms with Crippen molar-refractivity contribution in [2.45, 2.75) is 19.8 Å². The number of carbonyl (C=O) groups is 2. The highest BCUT2D eigenvalue weighted by atomic mass is 16.2. The molecule has 0 saturated carbocycles. The summed E-state index contributed by atoms with van der Waals surface area (Å²) in [5.41, 5.74) is 7.71. The molecule has 2 amide bonds. The van der Waals surface area contributed by atoms with Crippen molar-refractivity contribution in [3.8, 4) is 0 Å². The molecule has 1 aliphatic rings. The number of imidazole rings is 1. The van der Waals surface area contributed by atoms with Gasteiger partial charge in [-0.2, -0.15) is 0 Å². The van der Waals surface area contributed by atoms with Gasteiger partial charge in [0.2, 0.25) is 5.91 Å². The van der Waals surface area contributed by atoms with Crippen molar-refractivity contribution in [3.05, 3.63) is 29.6 Å². The maximum atomic E-state index is 12.3. The Kier molecular flexibility index (Phi) is 4.80. The lowest BCUT2D eigenvalue weighted by atomic mass is 9.97. The van der Waals surface area contributed by atoms with Crippen LogP contribution in [0.5, 0.6) is 0 Å². The number of nitrogens with two attached hydrogens (primary N) is 1. The molecule has 7 heteroatoms. The molecule has 0 unspecified atom stereocenters. The van der Waals surface area contributed by atoms with Gasteiger partial charge in [-0.05, 0) is 44.5 Å². The van der Waals surface area contributed by atoms with Crippen LogP contribution in [0.15, 0.2) is 18.2 Å². The molecule has 1 aromatic carbocycles. The third-order valence-electron chi connectivity index (χ3n) is 4.48. The largest absolute Gasteiger partial charge is 0.369 e. The fourth-order valence-electron chi connectivity index (χ4n) is 3.20. The number of carbonyl (C=O) groups excluding carboxylic acids is 2. The average molecular weight is 329 g/mol. The van der Waals surface area contributed by atoms with Gasteiger partial charge < -0.3 is 20.9 Å². The van der Waals surface area contributed by atoms with E-state index in [9.17, 15) is 9.59 Å². The number of primary amides is 1. The fourth-order valence-corrected chi connectivity index (χ4v) is 3.20. The zero-order valence-electron chi connectivity index (χ0n) is 13.8. The van der Waals surface area contributed by atoms with Crippen molar-refractivity contribution >= 4 is 22.8 Å². The van der Waals surface area contributed by atoms with E-state index in [0.29, 0.717) is 18.7 Å². The first-order valence-corrected chi connectivity index (χ1v) is 8.29. The smallest absolute Gasteiger partial charge is 0.251 e. The van der Waals surface area contributed by atoms with Crippen LogP contribution < -0.4 is 11.1 Å². The van der Waals surface area contributed by atoms with Crippen LogP contribution in [0.1, 0.15) is 29.0 Å². The molecule has 1 aliphatic heterocycles. The van der Waals surface area contributed by atoms with E-state index in [1.165, 1.54) is 0 Å². The highest BCUT2D eigenvalue weighted by Gasteiger charge is 2.23. The van der Waals surface area contributed by atoms with Crippen molar-refractivity contribution in [1.82, 2.24) is 20.2 Å².